The van der Waals surface area contributed by atoms with Gasteiger partial charge in [-0.15, -0.1) is 0 Å². The van der Waals surface area contributed by atoms with E-state index in [1.807, 2.05) is 0 Å². The molecule has 0 saturated heterocycles. The SMILES string of the molecule is O=C(O)c1cc(Cl)cc(Cl)c1Nc1ncncn1. The van der Waals surface area contributed by atoms with E-state index in [9.17, 15) is 4.79 Å². The summed E-state index contributed by atoms with van der Waals surface area (Å²) < 4.78 is 0. The Hall–Kier alpha value is -1.92. The van der Waals surface area contributed by atoms with Crippen LogP contribution in [0.1, 0.15) is 10.4 Å². The topological polar surface area (TPSA) is 88.0 Å². The number of aromatic carboxylic acids is 1. The van der Waals surface area contributed by atoms with Crippen LogP contribution in [0.5, 0.6) is 0 Å². The van der Waals surface area contributed by atoms with Crippen molar-refractivity contribution in [1.82, 2.24) is 15.0 Å². The zero-order chi connectivity index (χ0) is 13.1. The molecule has 0 amide bonds. The zero-order valence-corrected chi connectivity index (χ0v) is 10.3. The van der Waals surface area contributed by atoms with Gasteiger partial charge in [0.2, 0.25) is 5.95 Å². The van der Waals surface area contributed by atoms with E-state index < -0.39 is 5.97 Å². The van der Waals surface area contributed by atoms with E-state index in [4.69, 9.17) is 28.3 Å². The number of rotatable bonds is 3. The molecule has 0 fully saturated rings. The fraction of sp³-hybridized carbons (Fsp3) is 0. The number of benzene rings is 1. The molecule has 1 heterocycles. The van der Waals surface area contributed by atoms with E-state index in [0.717, 1.165) is 0 Å². The van der Waals surface area contributed by atoms with Gasteiger partial charge in [0.25, 0.3) is 0 Å². The van der Waals surface area contributed by atoms with Crippen molar-refractivity contribution in [3.63, 3.8) is 0 Å². The minimum atomic E-state index is -1.16. The molecule has 0 saturated carbocycles. The van der Waals surface area contributed by atoms with Crippen molar-refractivity contribution in [2.45, 2.75) is 0 Å². The number of hydrogen-bond acceptors (Lipinski definition) is 5. The number of nitrogens with one attached hydrogen (secondary N) is 1. The van der Waals surface area contributed by atoms with E-state index in [2.05, 4.69) is 20.3 Å². The second-order valence-electron chi connectivity index (χ2n) is 3.20. The third kappa shape index (κ3) is 2.66. The number of nitrogens with zero attached hydrogens (tertiary/aromatic N) is 3. The standard InChI is InChI=1S/C10H6Cl2N4O2/c11-5-1-6(9(17)18)8(7(12)2-5)16-10-14-3-13-4-15-10/h1-4H,(H,17,18)(H,13,14,15,16). The van der Waals surface area contributed by atoms with Gasteiger partial charge in [0.05, 0.1) is 16.3 Å². The fourth-order valence-electron chi connectivity index (χ4n) is 1.28. The largest absolute Gasteiger partial charge is 0.478 e. The number of carbonyl (C=O) groups is 1. The number of carboxylic acids is 1. The van der Waals surface area contributed by atoms with E-state index >= 15 is 0 Å². The summed E-state index contributed by atoms with van der Waals surface area (Å²) in [4.78, 5) is 22.4. The van der Waals surface area contributed by atoms with Crippen LogP contribution in [0, 0.1) is 0 Å². The van der Waals surface area contributed by atoms with E-state index in [0.29, 0.717) is 0 Å². The summed E-state index contributed by atoms with van der Waals surface area (Å²) in [7, 11) is 0. The van der Waals surface area contributed by atoms with Crippen molar-refractivity contribution in [3.05, 3.63) is 40.4 Å². The lowest BCUT2D eigenvalue weighted by atomic mass is 10.2. The third-order valence-electron chi connectivity index (χ3n) is 2.02. The highest BCUT2D eigenvalue weighted by Gasteiger charge is 2.16. The highest BCUT2D eigenvalue weighted by molar-refractivity contribution is 6.37. The maximum atomic E-state index is 11.1. The first-order chi connectivity index (χ1) is 8.58. The van der Waals surface area contributed by atoms with Crippen LogP contribution in [0.15, 0.2) is 24.8 Å². The van der Waals surface area contributed by atoms with Crippen LogP contribution in [0.25, 0.3) is 0 Å². The molecule has 6 nitrogen and oxygen atoms in total. The van der Waals surface area contributed by atoms with Crippen molar-refractivity contribution in [2.75, 3.05) is 5.32 Å². The minimum absolute atomic E-state index is 0.0621. The maximum Gasteiger partial charge on any atom is 0.337 e. The molecule has 0 unspecified atom stereocenters. The molecule has 0 bridgehead atoms. The zero-order valence-electron chi connectivity index (χ0n) is 8.76. The number of carboxylic acid groups (broad SMARTS) is 1. The van der Waals surface area contributed by atoms with Gasteiger partial charge in [-0.2, -0.15) is 0 Å². The third-order valence-corrected chi connectivity index (χ3v) is 2.53. The summed E-state index contributed by atoms with van der Waals surface area (Å²) in [6.07, 6.45) is 2.55. The summed E-state index contributed by atoms with van der Waals surface area (Å²) in [6.45, 7) is 0. The molecule has 0 aliphatic carbocycles. The van der Waals surface area contributed by atoms with Gasteiger partial charge < -0.3 is 10.4 Å². The molecular formula is C10H6Cl2N4O2. The molecule has 18 heavy (non-hydrogen) atoms. The van der Waals surface area contributed by atoms with E-state index in [1.54, 1.807) is 0 Å². The van der Waals surface area contributed by atoms with E-state index in [-0.39, 0.29) is 27.2 Å². The molecule has 1 aromatic carbocycles. The first kappa shape index (κ1) is 12.5. The molecule has 2 rings (SSSR count). The minimum Gasteiger partial charge on any atom is -0.478 e. The second kappa shape index (κ2) is 5.16. The van der Waals surface area contributed by atoms with Crippen LogP contribution in [0.2, 0.25) is 10.0 Å². The molecule has 0 spiro atoms. The van der Waals surface area contributed by atoms with Crippen molar-refractivity contribution in [3.8, 4) is 0 Å². The first-order valence-electron chi connectivity index (χ1n) is 4.69. The average molecular weight is 285 g/mol. The van der Waals surface area contributed by atoms with Gasteiger partial charge in [0.15, 0.2) is 0 Å². The molecule has 2 N–H and O–H groups in total. The quantitative estimate of drug-likeness (QED) is 0.901. The number of aromatic nitrogens is 3. The van der Waals surface area contributed by atoms with Gasteiger partial charge in [-0.1, -0.05) is 23.2 Å². The van der Waals surface area contributed by atoms with Gasteiger partial charge in [0.1, 0.15) is 12.7 Å². The highest BCUT2D eigenvalue weighted by Crippen LogP contribution is 2.31. The Kier molecular flexibility index (Phi) is 3.59. The molecule has 0 radical (unpaired) electrons. The van der Waals surface area contributed by atoms with Crippen molar-refractivity contribution in [1.29, 1.82) is 0 Å². The van der Waals surface area contributed by atoms with Crippen LogP contribution < -0.4 is 5.32 Å². The van der Waals surface area contributed by atoms with Gasteiger partial charge in [-0.25, -0.2) is 19.7 Å². The van der Waals surface area contributed by atoms with Crippen LogP contribution in [-0.4, -0.2) is 26.0 Å². The molecule has 0 atom stereocenters. The Morgan fingerprint density at radius 2 is 1.89 bits per heavy atom. The Bertz CT molecular complexity index is 592. The molecule has 2 aromatic rings. The molecule has 0 aliphatic heterocycles. The van der Waals surface area contributed by atoms with Gasteiger partial charge in [0, 0.05) is 5.02 Å². The number of halogens is 2. The number of anilines is 2. The predicted molar refractivity (Wildman–Crippen MR) is 66.5 cm³/mol. The summed E-state index contributed by atoms with van der Waals surface area (Å²) in [5.74, 6) is -0.965. The lowest BCUT2D eigenvalue weighted by Crippen LogP contribution is -2.05. The molecule has 0 aliphatic rings. The summed E-state index contributed by atoms with van der Waals surface area (Å²) in [5.41, 5.74) is 0.118. The first-order valence-corrected chi connectivity index (χ1v) is 5.45. The lowest BCUT2D eigenvalue weighted by molar-refractivity contribution is 0.0698. The van der Waals surface area contributed by atoms with Crippen molar-refractivity contribution < 1.29 is 9.90 Å². The molecule has 1 aromatic heterocycles. The Morgan fingerprint density at radius 3 is 2.50 bits per heavy atom. The Balaban J connectivity index is 2.47. The molecule has 92 valence electrons. The van der Waals surface area contributed by atoms with Crippen LogP contribution >= 0.6 is 23.2 Å². The van der Waals surface area contributed by atoms with Gasteiger partial charge in [-0.05, 0) is 12.1 Å². The summed E-state index contributed by atoms with van der Waals surface area (Å²) in [6, 6.07) is 2.72. The van der Waals surface area contributed by atoms with E-state index in [1.165, 1.54) is 24.8 Å². The maximum absolute atomic E-state index is 11.1. The van der Waals surface area contributed by atoms with Gasteiger partial charge in [-0.3, -0.25) is 0 Å². The Morgan fingerprint density at radius 1 is 1.22 bits per heavy atom. The summed E-state index contributed by atoms with van der Waals surface area (Å²) in [5, 5.41) is 12.2. The van der Waals surface area contributed by atoms with Crippen molar-refractivity contribution >= 4 is 40.8 Å². The summed E-state index contributed by atoms with van der Waals surface area (Å²) >= 11 is 11.7. The molecule has 8 heteroatoms. The molecular weight excluding hydrogens is 279 g/mol. The average Bonchev–Trinajstić information content (AvgIpc) is 2.33. The van der Waals surface area contributed by atoms with Crippen LogP contribution in [0.4, 0.5) is 11.6 Å². The van der Waals surface area contributed by atoms with Crippen LogP contribution in [-0.2, 0) is 0 Å². The fourth-order valence-corrected chi connectivity index (χ4v) is 1.83. The highest BCUT2D eigenvalue weighted by atomic mass is 35.5. The normalized spacial score (nSPS) is 10.1. The predicted octanol–water partition coefficient (Wildman–Crippen LogP) is 2.62. The van der Waals surface area contributed by atoms with Gasteiger partial charge >= 0.3 is 5.97 Å². The smallest absolute Gasteiger partial charge is 0.337 e. The number of hydrogen-bond donors (Lipinski definition) is 2. The van der Waals surface area contributed by atoms with Crippen molar-refractivity contribution in [2.24, 2.45) is 0 Å². The second-order valence-corrected chi connectivity index (χ2v) is 4.05. The van der Waals surface area contributed by atoms with Crippen LogP contribution in [0.3, 0.4) is 0 Å². The Labute approximate surface area is 112 Å². The monoisotopic (exact) mass is 284 g/mol. The lowest BCUT2D eigenvalue weighted by Gasteiger charge is -2.10.